The van der Waals surface area contributed by atoms with Gasteiger partial charge in [-0.25, -0.2) is 0 Å². The second kappa shape index (κ2) is 4.44. The van der Waals surface area contributed by atoms with Gasteiger partial charge < -0.3 is 15.9 Å². The summed E-state index contributed by atoms with van der Waals surface area (Å²) in [6.07, 6.45) is -0.831. The van der Waals surface area contributed by atoms with E-state index in [9.17, 15) is 10.2 Å². The number of aliphatic hydroxyl groups excluding tert-OH is 1. The molecule has 2 atom stereocenters. The Balaban J connectivity index is 3.24. The predicted molar refractivity (Wildman–Crippen MR) is 65.4 cm³/mol. The van der Waals surface area contributed by atoms with Gasteiger partial charge in [0, 0.05) is 11.6 Å². The second-order valence-electron chi connectivity index (χ2n) is 5.30. The molecule has 0 aromatic heterocycles. The van der Waals surface area contributed by atoms with Crippen LogP contribution in [0.5, 0.6) is 5.75 Å². The van der Waals surface area contributed by atoms with E-state index in [4.69, 9.17) is 5.73 Å². The quantitative estimate of drug-likeness (QED) is 0.719. The van der Waals surface area contributed by atoms with E-state index in [0.717, 1.165) is 5.56 Å². The van der Waals surface area contributed by atoms with Crippen molar-refractivity contribution in [3.63, 3.8) is 0 Å². The molecule has 16 heavy (non-hydrogen) atoms. The molecule has 1 aromatic carbocycles. The highest BCUT2D eigenvalue weighted by molar-refractivity contribution is 5.45. The predicted octanol–water partition coefficient (Wildman–Crippen LogP) is 2.07. The Morgan fingerprint density at radius 3 is 2.25 bits per heavy atom. The van der Waals surface area contributed by atoms with Gasteiger partial charge in [0.2, 0.25) is 0 Å². The van der Waals surface area contributed by atoms with Crippen LogP contribution in [0.4, 0.5) is 0 Å². The van der Waals surface area contributed by atoms with Gasteiger partial charge in [-0.2, -0.15) is 0 Å². The van der Waals surface area contributed by atoms with Crippen molar-refractivity contribution >= 4 is 0 Å². The van der Waals surface area contributed by atoms with E-state index in [1.54, 1.807) is 13.0 Å². The Kier molecular flexibility index (Phi) is 3.61. The minimum absolute atomic E-state index is 0.153. The zero-order chi connectivity index (χ0) is 12.5. The molecule has 0 amide bonds. The van der Waals surface area contributed by atoms with Crippen LogP contribution in [0, 0.1) is 0 Å². The molecule has 0 saturated carbocycles. The molecule has 0 aliphatic rings. The van der Waals surface area contributed by atoms with Crippen LogP contribution in [-0.2, 0) is 5.41 Å². The van der Waals surface area contributed by atoms with Crippen LogP contribution in [0.2, 0.25) is 0 Å². The topological polar surface area (TPSA) is 66.5 Å². The van der Waals surface area contributed by atoms with Gasteiger partial charge in [0.15, 0.2) is 0 Å². The highest BCUT2D eigenvalue weighted by atomic mass is 16.3. The van der Waals surface area contributed by atoms with E-state index in [2.05, 4.69) is 0 Å². The average molecular weight is 223 g/mol. The van der Waals surface area contributed by atoms with Gasteiger partial charge >= 0.3 is 0 Å². The van der Waals surface area contributed by atoms with Crippen molar-refractivity contribution in [2.75, 3.05) is 0 Å². The van der Waals surface area contributed by atoms with E-state index in [1.807, 2.05) is 32.9 Å². The third kappa shape index (κ3) is 2.54. The van der Waals surface area contributed by atoms with Gasteiger partial charge in [0.1, 0.15) is 5.75 Å². The van der Waals surface area contributed by atoms with Crippen molar-refractivity contribution < 1.29 is 10.2 Å². The SMILES string of the molecule is CC(N)C(O)c1cccc(C(C)(C)C)c1O. The Hall–Kier alpha value is -1.06. The Bertz CT molecular complexity index is 367. The number of para-hydroxylation sites is 1. The highest BCUT2D eigenvalue weighted by Gasteiger charge is 2.23. The van der Waals surface area contributed by atoms with Crippen LogP contribution in [-0.4, -0.2) is 16.3 Å². The summed E-state index contributed by atoms with van der Waals surface area (Å²) in [6.45, 7) is 7.77. The summed E-state index contributed by atoms with van der Waals surface area (Å²) >= 11 is 0. The molecular formula is C13H21NO2. The lowest BCUT2D eigenvalue weighted by Gasteiger charge is -2.24. The fourth-order valence-corrected chi connectivity index (χ4v) is 1.69. The first-order chi connectivity index (χ1) is 7.25. The molecule has 1 aromatic rings. The summed E-state index contributed by atoms with van der Waals surface area (Å²) in [5.41, 5.74) is 6.81. The molecule has 0 aliphatic heterocycles. The number of rotatable bonds is 2. The molecule has 0 spiro atoms. The fourth-order valence-electron chi connectivity index (χ4n) is 1.69. The van der Waals surface area contributed by atoms with Crippen molar-refractivity contribution in [2.24, 2.45) is 5.73 Å². The number of hydrogen-bond acceptors (Lipinski definition) is 3. The number of aliphatic hydroxyl groups is 1. The van der Waals surface area contributed by atoms with Gasteiger partial charge in [-0.05, 0) is 17.9 Å². The molecule has 3 heteroatoms. The van der Waals surface area contributed by atoms with Crippen LogP contribution in [0.15, 0.2) is 18.2 Å². The molecule has 2 unspecified atom stereocenters. The van der Waals surface area contributed by atoms with Crippen molar-refractivity contribution in [2.45, 2.75) is 45.3 Å². The molecule has 0 bridgehead atoms. The molecule has 1 rings (SSSR count). The lowest BCUT2D eigenvalue weighted by Crippen LogP contribution is -2.25. The van der Waals surface area contributed by atoms with E-state index >= 15 is 0 Å². The third-order valence-electron chi connectivity index (χ3n) is 2.69. The number of hydrogen-bond donors (Lipinski definition) is 3. The number of aromatic hydroxyl groups is 1. The van der Waals surface area contributed by atoms with Gasteiger partial charge in [0.05, 0.1) is 6.10 Å². The first kappa shape index (κ1) is 13.0. The molecule has 4 N–H and O–H groups in total. The minimum Gasteiger partial charge on any atom is -0.507 e. The molecule has 0 heterocycles. The monoisotopic (exact) mass is 223 g/mol. The van der Waals surface area contributed by atoms with E-state index in [-0.39, 0.29) is 11.2 Å². The van der Waals surface area contributed by atoms with E-state index in [0.29, 0.717) is 5.56 Å². The Morgan fingerprint density at radius 1 is 1.25 bits per heavy atom. The van der Waals surface area contributed by atoms with E-state index in [1.165, 1.54) is 0 Å². The summed E-state index contributed by atoms with van der Waals surface area (Å²) in [4.78, 5) is 0. The van der Waals surface area contributed by atoms with Gasteiger partial charge in [0.25, 0.3) is 0 Å². The maximum atomic E-state index is 10.1. The lowest BCUT2D eigenvalue weighted by atomic mass is 9.84. The number of nitrogens with two attached hydrogens (primary N) is 1. The first-order valence-electron chi connectivity index (χ1n) is 5.51. The smallest absolute Gasteiger partial charge is 0.125 e. The second-order valence-corrected chi connectivity index (χ2v) is 5.30. The van der Waals surface area contributed by atoms with Crippen molar-refractivity contribution in [3.8, 4) is 5.75 Å². The highest BCUT2D eigenvalue weighted by Crippen LogP contribution is 2.36. The van der Waals surface area contributed by atoms with E-state index < -0.39 is 12.1 Å². The standard InChI is InChI=1S/C13H21NO2/c1-8(14)11(15)9-6-5-7-10(12(9)16)13(2,3)4/h5-8,11,15-16H,14H2,1-4H3. The lowest BCUT2D eigenvalue weighted by molar-refractivity contribution is 0.149. The van der Waals surface area contributed by atoms with Crippen LogP contribution in [0.25, 0.3) is 0 Å². The molecule has 0 aliphatic carbocycles. The molecule has 90 valence electrons. The van der Waals surface area contributed by atoms with Gasteiger partial charge in [-0.1, -0.05) is 39.0 Å². The van der Waals surface area contributed by atoms with Crippen molar-refractivity contribution in [3.05, 3.63) is 29.3 Å². The molecule has 0 saturated heterocycles. The van der Waals surface area contributed by atoms with Crippen LogP contribution in [0.1, 0.15) is 44.9 Å². The van der Waals surface area contributed by atoms with Gasteiger partial charge in [-0.3, -0.25) is 0 Å². The molecule has 0 radical (unpaired) electrons. The zero-order valence-corrected chi connectivity index (χ0v) is 10.4. The normalized spacial score (nSPS) is 15.9. The number of phenolic OH excluding ortho intramolecular Hbond substituents is 1. The zero-order valence-electron chi connectivity index (χ0n) is 10.4. The average Bonchev–Trinajstić information content (AvgIpc) is 2.15. The summed E-state index contributed by atoms with van der Waals surface area (Å²) < 4.78 is 0. The molecular weight excluding hydrogens is 202 g/mol. The Morgan fingerprint density at radius 2 is 1.81 bits per heavy atom. The number of phenols is 1. The molecule has 0 fully saturated rings. The Labute approximate surface area is 96.9 Å². The summed E-state index contributed by atoms with van der Waals surface area (Å²) in [5, 5.41) is 20.0. The minimum atomic E-state index is -0.831. The summed E-state index contributed by atoms with van der Waals surface area (Å²) in [7, 11) is 0. The first-order valence-corrected chi connectivity index (χ1v) is 5.51. The van der Waals surface area contributed by atoms with Crippen molar-refractivity contribution in [1.29, 1.82) is 0 Å². The maximum absolute atomic E-state index is 10.1. The third-order valence-corrected chi connectivity index (χ3v) is 2.69. The van der Waals surface area contributed by atoms with Crippen molar-refractivity contribution in [1.82, 2.24) is 0 Å². The van der Waals surface area contributed by atoms with Gasteiger partial charge in [-0.15, -0.1) is 0 Å². The van der Waals surface area contributed by atoms with Crippen LogP contribution >= 0.6 is 0 Å². The largest absolute Gasteiger partial charge is 0.507 e. The summed E-state index contributed by atoms with van der Waals surface area (Å²) in [5.74, 6) is 0.153. The summed E-state index contributed by atoms with van der Waals surface area (Å²) in [6, 6.07) is 5.01. The molecule has 3 nitrogen and oxygen atoms in total. The number of benzene rings is 1. The van der Waals surface area contributed by atoms with Crippen LogP contribution < -0.4 is 5.73 Å². The maximum Gasteiger partial charge on any atom is 0.125 e. The van der Waals surface area contributed by atoms with Crippen LogP contribution in [0.3, 0.4) is 0 Å². The fraction of sp³-hybridized carbons (Fsp3) is 0.538.